The average Bonchev–Trinajstić information content (AvgIpc) is 2.98. The summed E-state index contributed by atoms with van der Waals surface area (Å²) in [7, 11) is 0. The highest BCUT2D eigenvalue weighted by molar-refractivity contribution is 5.83. The maximum absolute atomic E-state index is 13.3. The number of carbonyl (C=O) groups excluding carboxylic acids is 2. The standard InChI is InChI=1S/C33H51N5O5/c1-5-10-25(36-29(40)28-22-38(15-16-42-28)31(41)37-13-7-6-8-14-37)27(39)21-34-26-19-33(11-9-12-33)43-30-24(26)17-23(20-35-30)18-32(2,3)4/h5,17,20,25-28,34,39H,1,6-16,18-19,21-22H2,2-4H3,(H,36,40)/t25-,26-,27+,28+/m0/s1. The monoisotopic (exact) mass is 597 g/mol. The normalized spacial score (nSPS) is 24.7. The highest BCUT2D eigenvalue weighted by Gasteiger charge is 2.46. The van der Waals surface area contributed by atoms with E-state index < -0.39 is 18.2 Å². The lowest BCUT2D eigenvalue weighted by Crippen LogP contribution is -2.58. The zero-order valence-corrected chi connectivity index (χ0v) is 26.3. The Balaban J connectivity index is 1.21. The van der Waals surface area contributed by atoms with Crippen LogP contribution in [0, 0.1) is 5.41 Å². The van der Waals surface area contributed by atoms with Gasteiger partial charge in [-0.05, 0) is 68.4 Å². The molecule has 1 aromatic heterocycles. The first-order valence-corrected chi connectivity index (χ1v) is 16.2. The summed E-state index contributed by atoms with van der Waals surface area (Å²) in [6.07, 6.45) is 10.5. The number of amides is 3. The molecule has 3 amide bonds. The minimum absolute atomic E-state index is 0.0118. The van der Waals surface area contributed by atoms with Crippen molar-refractivity contribution in [2.75, 3.05) is 39.3 Å². The van der Waals surface area contributed by atoms with Gasteiger partial charge in [0.1, 0.15) is 5.60 Å². The molecule has 3 aliphatic heterocycles. The van der Waals surface area contributed by atoms with E-state index in [1.54, 1.807) is 11.0 Å². The van der Waals surface area contributed by atoms with Crippen LogP contribution in [0.15, 0.2) is 24.9 Å². The number of hydrogen-bond donors (Lipinski definition) is 3. The highest BCUT2D eigenvalue weighted by atomic mass is 16.5. The van der Waals surface area contributed by atoms with Crippen molar-refractivity contribution in [3.8, 4) is 5.88 Å². The molecule has 10 nitrogen and oxygen atoms in total. The van der Waals surface area contributed by atoms with Crippen LogP contribution in [0.2, 0.25) is 0 Å². The molecule has 238 valence electrons. The molecule has 1 saturated carbocycles. The Morgan fingerprint density at radius 3 is 2.63 bits per heavy atom. The lowest BCUT2D eigenvalue weighted by atomic mass is 9.73. The predicted octanol–water partition coefficient (Wildman–Crippen LogP) is 3.73. The maximum atomic E-state index is 13.3. The van der Waals surface area contributed by atoms with Gasteiger partial charge >= 0.3 is 6.03 Å². The number of ether oxygens (including phenoxy) is 2. The van der Waals surface area contributed by atoms with Crippen molar-refractivity contribution in [2.45, 2.75) is 108 Å². The molecule has 0 bridgehead atoms. The molecule has 3 N–H and O–H groups in total. The second-order valence-corrected chi connectivity index (χ2v) is 14.1. The Labute approximate surface area is 256 Å². The van der Waals surface area contributed by atoms with Gasteiger partial charge in [0.25, 0.3) is 5.91 Å². The fraction of sp³-hybridized carbons (Fsp3) is 0.727. The molecule has 1 aliphatic carbocycles. The van der Waals surface area contributed by atoms with Crippen LogP contribution in [0.4, 0.5) is 4.79 Å². The molecule has 0 radical (unpaired) electrons. The van der Waals surface area contributed by atoms with Crippen LogP contribution in [0.5, 0.6) is 5.88 Å². The summed E-state index contributed by atoms with van der Waals surface area (Å²) in [6.45, 7) is 13.3. The molecular formula is C33H51N5O5. The highest BCUT2D eigenvalue weighted by Crippen LogP contribution is 2.48. The number of nitrogens with one attached hydrogen (secondary N) is 2. The van der Waals surface area contributed by atoms with Gasteiger partial charge in [0.2, 0.25) is 5.88 Å². The lowest BCUT2D eigenvalue weighted by molar-refractivity contribution is -0.138. The zero-order chi connectivity index (χ0) is 30.6. The van der Waals surface area contributed by atoms with E-state index in [4.69, 9.17) is 14.5 Å². The topological polar surface area (TPSA) is 116 Å². The van der Waals surface area contributed by atoms with Crippen LogP contribution in [-0.2, 0) is 16.0 Å². The molecule has 4 aliphatic rings. The van der Waals surface area contributed by atoms with Crippen LogP contribution < -0.4 is 15.4 Å². The van der Waals surface area contributed by atoms with Crippen LogP contribution in [-0.4, -0.2) is 95.0 Å². The summed E-state index contributed by atoms with van der Waals surface area (Å²) in [6, 6.07) is 1.62. The Bertz CT molecular complexity index is 1140. The average molecular weight is 598 g/mol. The molecule has 3 fully saturated rings. The SMILES string of the molecule is C=CC[C@H](NC(=O)[C@H]1CN(C(=O)N2CCCCC2)CCO1)[C@H](O)CN[C@H]1CC2(CCC2)Oc2ncc(CC(C)(C)C)cc21. The summed E-state index contributed by atoms with van der Waals surface area (Å²) in [5.41, 5.74) is 2.14. The molecule has 0 aromatic carbocycles. The number of likely N-dealkylation sites (tertiary alicyclic amines) is 1. The van der Waals surface area contributed by atoms with Crippen molar-refractivity contribution in [1.29, 1.82) is 0 Å². The maximum Gasteiger partial charge on any atom is 0.320 e. The molecule has 2 saturated heterocycles. The Morgan fingerprint density at radius 2 is 1.95 bits per heavy atom. The number of rotatable bonds is 9. The van der Waals surface area contributed by atoms with Gasteiger partial charge in [-0.25, -0.2) is 9.78 Å². The number of pyridine rings is 1. The van der Waals surface area contributed by atoms with E-state index in [9.17, 15) is 14.7 Å². The number of aliphatic hydroxyl groups excluding tert-OH is 1. The van der Waals surface area contributed by atoms with Crippen molar-refractivity contribution in [3.63, 3.8) is 0 Å². The van der Waals surface area contributed by atoms with E-state index in [2.05, 4.69) is 44.1 Å². The molecule has 5 rings (SSSR count). The predicted molar refractivity (Wildman–Crippen MR) is 165 cm³/mol. The summed E-state index contributed by atoms with van der Waals surface area (Å²) in [5, 5.41) is 17.9. The fourth-order valence-corrected chi connectivity index (χ4v) is 6.79. The van der Waals surface area contributed by atoms with Crippen molar-refractivity contribution in [2.24, 2.45) is 5.41 Å². The number of morpholine rings is 1. The molecule has 4 atom stereocenters. The zero-order valence-electron chi connectivity index (χ0n) is 26.3. The molecule has 10 heteroatoms. The minimum Gasteiger partial charge on any atom is -0.471 e. The first-order chi connectivity index (χ1) is 20.6. The number of carbonyl (C=O) groups is 2. The minimum atomic E-state index is -0.856. The van der Waals surface area contributed by atoms with Gasteiger partial charge in [-0.1, -0.05) is 26.8 Å². The van der Waals surface area contributed by atoms with Crippen molar-refractivity contribution >= 4 is 11.9 Å². The number of piperidine rings is 1. The van der Waals surface area contributed by atoms with E-state index in [1.807, 2.05) is 11.1 Å². The van der Waals surface area contributed by atoms with E-state index in [1.165, 1.54) is 5.56 Å². The third-order valence-electron chi connectivity index (χ3n) is 9.24. The van der Waals surface area contributed by atoms with Gasteiger partial charge in [-0.3, -0.25) is 4.79 Å². The number of aromatic nitrogens is 1. The van der Waals surface area contributed by atoms with Crippen LogP contribution in [0.3, 0.4) is 0 Å². The van der Waals surface area contributed by atoms with Gasteiger partial charge < -0.3 is 35.0 Å². The number of fused-ring (bicyclic) bond motifs is 1. The lowest BCUT2D eigenvalue weighted by Gasteiger charge is -2.47. The summed E-state index contributed by atoms with van der Waals surface area (Å²) >= 11 is 0. The first kappa shape index (κ1) is 31.7. The fourth-order valence-electron chi connectivity index (χ4n) is 6.79. The Hall–Kier alpha value is -2.69. The molecule has 43 heavy (non-hydrogen) atoms. The second kappa shape index (κ2) is 13.5. The van der Waals surface area contributed by atoms with Crippen molar-refractivity contribution in [3.05, 3.63) is 36.0 Å². The largest absolute Gasteiger partial charge is 0.471 e. The molecule has 0 unspecified atom stereocenters. The van der Waals surface area contributed by atoms with E-state index in [-0.39, 0.29) is 42.1 Å². The third-order valence-corrected chi connectivity index (χ3v) is 9.24. The Kier molecular flexibility index (Phi) is 9.98. The number of hydrogen-bond acceptors (Lipinski definition) is 7. The van der Waals surface area contributed by atoms with E-state index in [0.717, 1.165) is 70.0 Å². The van der Waals surface area contributed by atoms with Gasteiger partial charge in [0.05, 0.1) is 25.3 Å². The summed E-state index contributed by atoms with van der Waals surface area (Å²) in [5.74, 6) is 0.368. The van der Waals surface area contributed by atoms with Gasteiger partial charge in [-0.15, -0.1) is 6.58 Å². The molecule has 4 heterocycles. The van der Waals surface area contributed by atoms with Crippen molar-refractivity contribution in [1.82, 2.24) is 25.4 Å². The van der Waals surface area contributed by atoms with Gasteiger partial charge in [0.15, 0.2) is 6.10 Å². The first-order valence-electron chi connectivity index (χ1n) is 16.2. The van der Waals surface area contributed by atoms with E-state index in [0.29, 0.717) is 25.5 Å². The smallest absolute Gasteiger partial charge is 0.320 e. The van der Waals surface area contributed by atoms with E-state index >= 15 is 0 Å². The molecule has 1 aromatic rings. The number of aliphatic hydroxyl groups is 1. The summed E-state index contributed by atoms with van der Waals surface area (Å²) < 4.78 is 12.2. The van der Waals surface area contributed by atoms with Gasteiger partial charge in [-0.2, -0.15) is 0 Å². The summed E-state index contributed by atoms with van der Waals surface area (Å²) in [4.78, 5) is 34.7. The van der Waals surface area contributed by atoms with Gasteiger partial charge in [0, 0.05) is 50.4 Å². The van der Waals surface area contributed by atoms with Crippen LogP contribution >= 0.6 is 0 Å². The van der Waals surface area contributed by atoms with Crippen LogP contribution in [0.25, 0.3) is 0 Å². The number of nitrogens with zero attached hydrogens (tertiary/aromatic N) is 3. The molecular weight excluding hydrogens is 546 g/mol. The third kappa shape index (κ3) is 7.88. The quantitative estimate of drug-likeness (QED) is 0.372. The van der Waals surface area contributed by atoms with Crippen molar-refractivity contribution < 1.29 is 24.2 Å². The molecule has 1 spiro atoms. The van der Waals surface area contributed by atoms with Crippen LogP contribution in [0.1, 0.15) is 89.3 Å². The Morgan fingerprint density at radius 1 is 1.19 bits per heavy atom. The number of urea groups is 1. The second-order valence-electron chi connectivity index (χ2n) is 14.1.